The maximum Gasteiger partial charge on any atom is 0.236 e. The van der Waals surface area contributed by atoms with Crippen molar-refractivity contribution in [1.29, 1.82) is 0 Å². The lowest BCUT2D eigenvalue weighted by molar-refractivity contribution is -0.132. The molecule has 1 rings (SSSR count). The van der Waals surface area contributed by atoms with Gasteiger partial charge in [-0.05, 0) is 33.0 Å². The van der Waals surface area contributed by atoms with Crippen molar-refractivity contribution in [3.05, 3.63) is 29.8 Å². The Bertz CT molecular complexity index is 548. The van der Waals surface area contributed by atoms with Crippen molar-refractivity contribution >= 4 is 17.5 Å². The van der Waals surface area contributed by atoms with Gasteiger partial charge in [0.05, 0.1) is 6.54 Å². The van der Waals surface area contributed by atoms with Crippen LogP contribution in [0.25, 0.3) is 0 Å². The summed E-state index contributed by atoms with van der Waals surface area (Å²) < 4.78 is 25.9. The van der Waals surface area contributed by atoms with Crippen LogP contribution in [0, 0.1) is 11.6 Å². The highest BCUT2D eigenvalue weighted by Crippen LogP contribution is 2.13. The van der Waals surface area contributed by atoms with Gasteiger partial charge < -0.3 is 10.2 Å². The molecule has 0 bridgehead atoms. The van der Waals surface area contributed by atoms with Crippen molar-refractivity contribution in [2.75, 3.05) is 38.5 Å². The van der Waals surface area contributed by atoms with Gasteiger partial charge in [-0.15, -0.1) is 0 Å². The molecule has 0 saturated heterocycles. The molecule has 1 aromatic carbocycles. The van der Waals surface area contributed by atoms with Gasteiger partial charge in [-0.25, -0.2) is 8.78 Å². The number of likely N-dealkylation sites (N-methyl/N-ethyl adjacent to an activating group) is 2. The highest BCUT2D eigenvalue weighted by Gasteiger charge is 2.13. The SMILES string of the molecule is CCN(CC)C(=O)CN(C)CCC(=O)Nc1ccc(F)c(F)c1. The van der Waals surface area contributed by atoms with Crippen LogP contribution >= 0.6 is 0 Å². The highest BCUT2D eigenvalue weighted by atomic mass is 19.2. The molecule has 0 spiro atoms. The Balaban J connectivity index is 2.40. The quantitative estimate of drug-likeness (QED) is 0.795. The summed E-state index contributed by atoms with van der Waals surface area (Å²) in [6.45, 7) is 5.76. The first-order chi connectivity index (χ1) is 10.9. The lowest BCUT2D eigenvalue weighted by Crippen LogP contribution is -2.39. The molecule has 7 heteroatoms. The zero-order valence-corrected chi connectivity index (χ0v) is 13.7. The maximum atomic E-state index is 13.1. The van der Waals surface area contributed by atoms with E-state index in [9.17, 15) is 18.4 Å². The number of halogens is 2. The summed E-state index contributed by atoms with van der Waals surface area (Å²) >= 11 is 0. The molecule has 0 saturated carbocycles. The van der Waals surface area contributed by atoms with Gasteiger partial charge in [-0.2, -0.15) is 0 Å². The summed E-state index contributed by atoms with van der Waals surface area (Å²) in [5.74, 6) is -2.28. The number of nitrogens with zero attached hydrogens (tertiary/aromatic N) is 2. The molecule has 1 aromatic rings. The van der Waals surface area contributed by atoms with E-state index in [2.05, 4.69) is 5.32 Å². The fourth-order valence-corrected chi connectivity index (χ4v) is 2.08. The van der Waals surface area contributed by atoms with Gasteiger partial charge in [0.1, 0.15) is 0 Å². The molecule has 23 heavy (non-hydrogen) atoms. The van der Waals surface area contributed by atoms with E-state index >= 15 is 0 Å². The first kappa shape index (κ1) is 19.0. The third-order valence-electron chi connectivity index (χ3n) is 3.45. The van der Waals surface area contributed by atoms with E-state index in [1.165, 1.54) is 6.07 Å². The molecule has 0 radical (unpaired) electrons. The summed E-state index contributed by atoms with van der Waals surface area (Å²) in [5, 5.41) is 2.50. The van der Waals surface area contributed by atoms with Gasteiger partial charge in [-0.3, -0.25) is 14.5 Å². The Hall–Kier alpha value is -2.02. The molecule has 5 nitrogen and oxygen atoms in total. The van der Waals surface area contributed by atoms with E-state index in [0.717, 1.165) is 12.1 Å². The predicted molar refractivity (Wildman–Crippen MR) is 85.0 cm³/mol. The zero-order chi connectivity index (χ0) is 17.4. The maximum absolute atomic E-state index is 13.1. The van der Waals surface area contributed by atoms with E-state index in [4.69, 9.17) is 0 Å². The minimum atomic E-state index is -1.01. The molecule has 0 aliphatic rings. The number of amides is 2. The Morgan fingerprint density at radius 3 is 2.35 bits per heavy atom. The first-order valence-corrected chi connectivity index (χ1v) is 7.58. The second-order valence-corrected chi connectivity index (χ2v) is 5.23. The third kappa shape index (κ3) is 6.32. The van der Waals surface area contributed by atoms with Crippen LogP contribution in [0.15, 0.2) is 18.2 Å². The topological polar surface area (TPSA) is 52.7 Å². The Morgan fingerprint density at radius 1 is 1.13 bits per heavy atom. The Kier molecular flexibility index (Phi) is 7.61. The molecule has 0 fully saturated rings. The van der Waals surface area contributed by atoms with Crippen molar-refractivity contribution in [2.24, 2.45) is 0 Å². The van der Waals surface area contributed by atoms with E-state index in [-0.39, 0.29) is 30.5 Å². The van der Waals surface area contributed by atoms with Crippen LogP contribution in [0.4, 0.5) is 14.5 Å². The lowest BCUT2D eigenvalue weighted by Gasteiger charge is -2.22. The first-order valence-electron chi connectivity index (χ1n) is 7.58. The summed E-state index contributed by atoms with van der Waals surface area (Å²) in [4.78, 5) is 27.2. The van der Waals surface area contributed by atoms with Crippen LogP contribution in [0.3, 0.4) is 0 Å². The van der Waals surface area contributed by atoms with Gasteiger partial charge in [0.25, 0.3) is 0 Å². The van der Waals surface area contributed by atoms with E-state index < -0.39 is 11.6 Å². The minimum Gasteiger partial charge on any atom is -0.342 e. The average Bonchev–Trinajstić information content (AvgIpc) is 2.50. The molecular formula is C16H23F2N3O2. The number of hydrogen-bond acceptors (Lipinski definition) is 3. The third-order valence-corrected chi connectivity index (χ3v) is 3.45. The summed E-state index contributed by atoms with van der Waals surface area (Å²) in [6, 6.07) is 3.19. The number of carbonyl (C=O) groups is 2. The number of rotatable bonds is 8. The molecular weight excluding hydrogens is 304 g/mol. The molecule has 0 atom stereocenters. The smallest absolute Gasteiger partial charge is 0.236 e. The Morgan fingerprint density at radius 2 is 1.78 bits per heavy atom. The number of nitrogens with one attached hydrogen (secondary N) is 1. The standard InChI is InChI=1S/C16H23F2N3O2/c1-4-21(5-2)16(23)11-20(3)9-8-15(22)19-12-6-7-13(17)14(18)10-12/h6-7,10H,4-5,8-9,11H2,1-3H3,(H,19,22). The summed E-state index contributed by atoms with van der Waals surface area (Å²) in [7, 11) is 1.76. The lowest BCUT2D eigenvalue weighted by atomic mass is 10.3. The van der Waals surface area contributed by atoms with Gasteiger partial charge in [0.2, 0.25) is 11.8 Å². The van der Waals surface area contributed by atoms with Crippen molar-refractivity contribution < 1.29 is 18.4 Å². The predicted octanol–water partition coefficient (Wildman–Crippen LogP) is 2.09. The Labute approximate surface area is 135 Å². The van der Waals surface area contributed by atoms with Crippen molar-refractivity contribution in [3.63, 3.8) is 0 Å². The van der Waals surface area contributed by atoms with Crippen molar-refractivity contribution in [1.82, 2.24) is 9.80 Å². The van der Waals surface area contributed by atoms with Crippen LogP contribution < -0.4 is 5.32 Å². The number of benzene rings is 1. The van der Waals surface area contributed by atoms with E-state index in [1.807, 2.05) is 13.8 Å². The van der Waals surface area contributed by atoms with Crippen molar-refractivity contribution in [2.45, 2.75) is 20.3 Å². The van der Waals surface area contributed by atoms with Gasteiger partial charge >= 0.3 is 0 Å². The average molecular weight is 327 g/mol. The van der Waals surface area contributed by atoms with Crippen LogP contribution in [0.2, 0.25) is 0 Å². The van der Waals surface area contributed by atoms with E-state index in [0.29, 0.717) is 19.6 Å². The number of hydrogen-bond donors (Lipinski definition) is 1. The van der Waals surface area contributed by atoms with Crippen LogP contribution in [-0.4, -0.2) is 54.8 Å². The monoisotopic (exact) mass is 327 g/mol. The molecule has 0 unspecified atom stereocenters. The largest absolute Gasteiger partial charge is 0.342 e. The van der Waals surface area contributed by atoms with Gasteiger partial charge in [0.15, 0.2) is 11.6 Å². The summed E-state index contributed by atoms with van der Waals surface area (Å²) in [5.41, 5.74) is 0.204. The highest BCUT2D eigenvalue weighted by molar-refractivity contribution is 5.90. The minimum absolute atomic E-state index is 0.0125. The molecule has 0 aliphatic carbocycles. The van der Waals surface area contributed by atoms with Crippen LogP contribution in [0.1, 0.15) is 20.3 Å². The second kappa shape index (κ2) is 9.19. The van der Waals surface area contributed by atoms with Crippen molar-refractivity contribution in [3.8, 4) is 0 Å². The van der Waals surface area contributed by atoms with Gasteiger partial charge in [0, 0.05) is 37.8 Å². The molecule has 0 aromatic heterocycles. The molecule has 2 amide bonds. The summed E-state index contributed by atoms with van der Waals surface area (Å²) in [6.07, 6.45) is 0.154. The van der Waals surface area contributed by atoms with Gasteiger partial charge in [-0.1, -0.05) is 0 Å². The molecule has 128 valence electrons. The second-order valence-electron chi connectivity index (χ2n) is 5.23. The van der Waals surface area contributed by atoms with Crippen LogP contribution in [-0.2, 0) is 9.59 Å². The molecule has 0 heterocycles. The fraction of sp³-hybridized carbons (Fsp3) is 0.500. The number of anilines is 1. The zero-order valence-electron chi connectivity index (χ0n) is 13.7. The fourth-order valence-electron chi connectivity index (χ4n) is 2.08. The molecule has 1 N–H and O–H groups in total. The van der Waals surface area contributed by atoms with Crippen LogP contribution in [0.5, 0.6) is 0 Å². The molecule has 0 aliphatic heterocycles. The normalized spacial score (nSPS) is 10.7. The van der Waals surface area contributed by atoms with E-state index in [1.54, 1.807) is 16.8 Å². The number of carbonyl (C=O) groups excluding carboxylic acids is 2.